The highest BCUT2D eigenvalue weighted by atomic mass is 32.2. The summed E-state index contributed by atoms with van der Waals surface area (Å²) in [6.45, 7) is 3.01. The smallest absolute Gasteiger partial charge is 0.306 e. The molecule has 4 rings (SSSR count). The third-order valence-corrected chi connectivity index (χ3v) is 5.09. The summed E-state index contributed by atoms with van der Waals surface area (Å²) in [6, 6.07) is 6.30. The fraction of sp³-hybridized carbons (Fsp3) is 0.263. The highest BCUT2D eigenvalue weighted by Crippen LogP contribution is 2.30. The summed E-state index contributed by atoms with van der Waals surface area (Å²) in [5.41, 5.74) is 3.27. The molecule has 0 bridgehead atoms. The standard InChI is InChI=1S/C19H20FN5OS/c1-2-27-12-9-22-18-21-8-7-15(23-18)17-16(13-3-5-14(20)6-4-13)24-19-25(17)10-11-26-19/h3-8,10-11,18,22-23H,2,9,12H2,1H3. The van der Waals surface area contributed by atoms with Gasteiger partial charge in [-0.05, 0) is 36.1 Å². The summed E-state index contributed by atoms with van der Waals surface area (Å²) < 4.78 is 20.7. The van der Waals surface area contributed by atoms with Gasteiger partial charge in [0.1, 0.15) is 17.8 Å². The number of imidazole rings is 1. The molecule has 1 aromatic carbocycles. The molecule has 27 heavy (non-hydrogen) atoms. The SMILES string of the molecule is CCSCCNC1N=CC=C(c2c(-c3ccc(F)cc3)nc3occn23)N1. The molecule has 0 saturated carbocycles. The number of benzene rings is 1. The van der Waals surface area contributed by atoms with Crippen LogP contribution < -0.4 is 10.6 Å². The van der Waals surface area contributed by atoms with E-state index >= 15 is 0 Å². The number of aliphatic imine (C=N–C) groups is 1. The second-order valence-electron chi connectivity index (χ2n) is 5.95. The number of aromatic nitrogens is 2. The van der Waals surface area contributed by atoms with Gasteiger partial charge in [-0.3, -0.25) is 14.7 Å². The van der Waals surface area contributed by atoms with Gasteiger partial charge in [0.05, 0.1) is 11.4 Å². The van der Waals surface area contributed by atoms with Gasteiger partial charge in [-0.1, -0.05) is 6.92 Å². The van der Waals surface area contributed by atoms with E-state index in [0.29, 0.717) is 5.84 Å². The molecule has 0 amide bonds. The summed E-state index contributed by atoms with van der Waals surface area (Å²) in [6.07, 6.45) is 6.89. The van der Waals surface area contributed by atoms with Gasteiger partial charge < -0.3 is 9.73 Å². The van der Waals surface area contributed by atoms with Crippen LogP contribution in [0.15, 0.2) is 52.2 Å². The number of hydrogen-bond acceptors (Lipinski definition) is 6. The zero-order valence-electron chi connectivity index (χ0n) is 14.9. The lowest BCUT2D eigenvalue weighted by atomic mass is 10.1. The van der Waals surface area contributed by atoms with Crippen LogP contribution in [0.4, 0.5) is 4.39 Å². The lowest BCUT2D eigenvalue weighted by molar-refractivity contribution is 0.511. The van der Waals surface area contributed by atoms with Crippen molar-refractivity contribution in [3.8, 4) is 11.3 Å². The van der Waals surface area contributed by atoms with Crippen molar-refractivity contribution >= 4 is 29.5 Å². The number of oxazole rings is 1. The van der Waals surface area contributed by atoms with Crippen molar-refractivity contribution in [3.05, 3.63) is 54.3 Å². The Labute approximate surface area is 160 Å². The molecule has 1 atom stereocenters. The van der Waals surface area contributed by atoms with Crippen LogP contribution in [-0.4, -0.2) is 39.9 Å². The first-order valence-corrected chi connectivity index (χ1v) is 9.94. The molecule has 0 aliphatic carbocycles. The predicted molar refractivity (Wildman–Crippen MR) is 107 cm³/mol. The fourth-order valence-electron chi connectivity index (χ4n) is 2.95. The van der Waals surface area contributed by atoms with Crippen molar-refractivity contribution in [2.75, 3.05) is 18.1 Å². The van der Waals surface area contributed by atoms with Gasteiger partial charge in [0.15, 0.2) is 6.29 Å². The summed E-state index contributed by atoms with van der Waals surface area (Å²) >= 11 is 1.89. The highest BCUT2D eigenvalue weighted by molar-refractivity contribution is 7.99. The summed E-state index contributed by atoms with van der Waals surface area (Å²) in [4.78, 5) is 9.02. The van der Waals surface area contributed by atoms with E-state index in [0.717, 1.165) is 40.7 Å². The number of nitrogens with one attached hydrogen (secondary N) is 2. The monoisotopic (exact) mass is 385 g/mol. The van der Waals surface area contributed by atoms with Crippen molar-refractivity contribution in [1.29, 1.82) is 0 Å². The van der Waals surface area contributed by atoms with Crippen LogP contribution in [0.3, 0.4) is 0 Å². The number of rotatable bonds is 7. The van der Waals surface area contributed by atoms with E-state index in [1.807, 2.05) is 28.4 Å². The molecule has 1 aliphatic heterocycles. The van der Waals surface area contributed by atoms with Crippen molar-refractivity contribution in [2.24, 2.45) is 4.99 Å². The lowest BCUT2D eigenvalue weighted by Gasteiger charge is -2.22. The first kappa shape index (κ1) is 17.8. The maximum Gasteiger partial charge on any atom is 0.306 e. The molecule has 1 aliphatic rings. The summed E-state index contributed by atoms with van der Waals surface area (Å²) in [5, 5.41) is 6.79. The Bertz CT molecular complexity index is 976. The number of fused-ring (bicyclic) bond motifs is 1. The molecule has 8 heteroatoms. The number of allylic oxidation sites excluding steroid dienone is 1. The maximum atomic E-state index is 13.3. The second-order valence-corrected chi connectivity index (χ2v) is 7.34. The second kappa shape index (κ2) is 7.98. The Kier molecular flexibility index (Phi) is 5.26. The predicted octanol–water partition coefficient (Wildman–Crippen LogP) is 3.37. The largest absolute Gasteiger partial charge is 0.432 e. The number of hydrogen-bond donors (Lipinski definition) is 2. The molecule has 2 aromatic heterocycles. The van der Waals surface area contributed by atoms with Crippen LogP contribution in [0.25, 0.3) is 22.8 Å². The van der Waals surface area contributed by atoms with Crippen molar-refractivity contribution in [1.82, 2.24) is 20.0 Å². The van der Waals surface area contributed by atoms with Crippen LogP contribution in [-0.2, 0) is 0 Å². The first-order valence-electron chi connectivity index (χ1n) is 8.79. The van der Waals surface area contributed by atoms with Crippen molar-refractivity contribution in [3.63, 3.8) is 0 Å². The molecule has 1 unspecified atom stereocenters. The number of thioether (sulfide) groups is 1. The Balaban J connectivity index is 1.64. The van der Waals surface area contributed by atoms with E-state index in [9.17, 15) is 4.39 Å². The van der Waals surface area contributed by atoms with Gasteiger partial charge in [0, 0.05) is 30.3 Å². The van der Waals surface area contributed by atoms with Gasteiger partial charge >= 0.3 is 5.84 Å². The summed E-state index contributed by atoms with van der Waals surface area (Å²) in [5.74, 6) is 2.34. The highest BCUT2D eigenvalue weighted by Gasteiger charge is 2.22. The molecular formula is C19H20FN5OS. The quantitative estimate of drug-likeness (QED) is 0.611. The van der Waals surface area contributed by atoms with Crippen LogP contribution in [0.5, 0.6) is 0 Å². The third kappa shape index (κ3) is 3.77. The zero-order valence-corrected chi connectivity index (χ0v) is 15.7. The van der Waals surface area contributed by atoms with Crippen LogP contribution in [0, 0.1) is 5.82 Å². The van der Waals surface area contributed by atoms with Crippen LogP contribution in [0.2, 0.25) is 0 Å². The minimum Gasteiger partial charge on any atom is -0.432 e. The third-order valence-electron chi connectivity index (χ3n) is 4.19. The average molecular weight is 385 g/mol. The molecule has 140 valence electrons. The van der Waals surface area contributed by atoms with Crippen LogP contribution in [0.1, 0.15) is 12.6 Å². The molecule has 3 heterocycles. The molecule has 0 spiro atoms. The van der Waals surface area contributed by atoms with Crippen LogP contribution >= 0.6 is 11.8 Å². The maximum absolute atomic E-state index is 13.3. The zero-order chi connectivity index (χ0) is 18.6. The number of nitrogens with zero attached hydrogens (tertiary/aromatic N) is 3. The van der Waals surface area contributed by atoms with Gasteiger partial charge in [-0.15, -0.1) is 0 Å². The molecule has 3 aromatic rings. The van der Waals surface area contributed by atoms with E-state index < -0.39 is 0 Å². The topological polar surface area (TPSA) is 66.9 Å². The minimum absolute atomic E-state index is 0.207. The van der Waals surface area contributed by atoms with Gasteiger partial charge in [0.2, 0.25) is 0 Å². The van der Waals surface area contributed by atoms with E-state index in [4.69, 9.17) is 4.42 Å². The number of halogens is 1. The van der Waals surface area contributed by atoms with E-state index in [2.05, 4.69) is 27.5 Å². The van der Waals surface area contributed by atoms with Crippen molar-refractivity contribution in [2.45, 2.75) is 13.2 Å². The Hall–Kier alpha value is -2.58. The lowest BCUT2D eigenvalue weighted by Crippen LogP contribution is -2.42. The Morgan fingerprint density at radius 2 is 2.19 bits per heavy atom. The molecule has 0 radical (unpaired) electrons. The van der Waals surface area contributed by atoms with Gasteiger partial charge in [-0.25, -0.2) is 4.39 Å². The van der Waals surface area contributed by atoms with E-state index in [-0.39, 0.29) is 12.1 Å². The van der Waals surface area contributed by atoms with Crippen molar-refractivity contribution < 1.29 is 8.81 Å². The molecule has 6 nitrogen and oxygen atoms in total. The first-order chi connectivity index (χ1) is 13.3. The van der Waals surface area contributed by atoms with E-state index in [1.165, 1.54) is 12.1 Å². The normalized spacial score (nSPS) is 16.5. The minimum atomic E-state index is -0.278. The molecular weight excluding hydrogens is 365 g/mol. The molecule has 2 N–H and O–H groups in total. The molecule has 0 saturated heterocycles. The van der Waals surface area contributed by atoms with Gasteiger partial charge in [0.25, 0.3) is 0 Å². The van der Waals surface area contributed by atoms with Gasteiger partial charge in [-0.2, -0.15) is 16.7 Å². The fourth-order valence-corrected chi connectivity index (χ4v) is 3.50. The average Bonchev–Trinajstić information content (AvgIpc) is 3.27. The molecule has 0 fully saturated rings. The van der Waals surface area contributed by atoms with E-state index in [1.54, 1.807) is 24.6 Å². The summed E-state index contributed by atoms with van der Waals surface area (Å²) in [7, 11) is 0. The Morgan fingerprint density at radius 3 is 3.00 bits per heavy atom. The Morgan fingerprint density at radius 1 is 1.33 bits per heavy atom.